The van der Waals surface area contributed by atoms with E-state index in [1.54, 1.807) is 24.3 Å². The van der Waals surface area contributed by atoms with Crippen molar-refractivity contribution in [3.63, 3.8) is 0 Å². The molecule has 0 saturated heterocycles. The van der Waals surface area contributed by atoms with Crippen LogP contribution < -0.4 is 0 Å². The minimum Gasteiger partial charge on any atom is -0.465 e. The molecule has 0 atom stereocenters. The van der Waals surface area contributed by atoms with E-state index in [4.69, 9.17) is 0 Å². The maximum Gasteiger partial charge on any atom is 0.340 e. The Morgan fingerprint density at radius 3 is 2.53 bits per heavy atom. The second-order valence-corrected chi connectivity index (χ2v) is 4.12. The van der Waals surface area contributed by atoms with E-state index in [0.29, 0.717) is 5.56 Å². The summed E-state index contributed by atoms with van der Waals surface area (Å²) in [5, 5.41) is 10.4. The van der Waals surface area contributed by atoms with Crippen molar-refractivity contribution in [3.05, 3.63) is 50.0 Å². The second kappa shape index (κ2) is 6.15. The summed E-state index contributed by atoms with van der Waals surface area (Å²) < 4.78 is 5.38. The van der Waals surface area contributed by atoms with Crippen LogP contribution in [-0.2, 0) is 9.53 Å². The fourth-order valence-electron chi connectivity index (χ4n) is 1.20. The highest BCUT2D eigenvalue weighted by molar-refractivity contribution is 9.10. The van der Waals surface area contributed by atoms with Gasteiger partial charge in [-0.3, -0.25) is 10.1 Å². The van der Waals surface area contributed by atoms with Gasteiger partial charge in [0, 0.05) is 9.40 Å². The maximum absolute atomic E-state index is 11.3. The molecule has 17 heavy (non-hydrogen) atoms. The average Bonchev–Trinajstić information content (AvgIpc) is 2.29. The first-order valence-electron chi connectivity index (χ1n) is 4.69. The predicted octanol–water partition coefficient (Wildman–Crippen LogP) is 2.28. The molecule has 0 unspecified atom stereocenters. The van der Waals surface area contributed by atoms with Crippen LogP contribution in [0.1, 0.15) is 5.56 Å². The van der Waals surface area contributed by atoms with Crippen molar-refractivity contribution in [1.29, 1.82) is 0 Å². The molecule has 90 valence electrons. The van der Waals surface area contributed by atoms with Crippen LogP contribution >= 0.6 is 15.9 Å². The van der Waals surface area contributed by atoms with E-state index in [1.165, 1.54) is 13.2 Å². The Morgan fingerprint density at radius 1 is 1.47 bits per heavy atom. The molecule has 0 radical (unpaired) electrons. The minimum atomic E-state index is -0.690. The van der Waals surface area contributed by atoms with E-state index in [0.717, 1.165) is 4.47 Å². The quantitative estimate of drug-likeness (QED) is 0.370. The zero-order valence-electron chi connectivity index (χ0n) is 9.05. The number of methoxy groups -OCH3 is 1. The number of hydrogen-bond acceptors (Lipinski definition) is 4. The van der Waals surface area contributed by atoms with Gasteiger partial charge in [-0.05, 0) is 23.8 Å². The highest BCUT2D eigenvalue weighted by Crippen LogP contribution is 2.13. The van der Waals surface area contributed by atoms with Gasteiger partial charge in [0.2, 0.25) is 6.54 Å². The van der Waals surface area contributed by atoms with Crippen LogP contribution in [0.15, 0.2) is 34.3 Å². The van der Waals surface area contributed by atoms with Gasteiger partial charge < -0.3 is 4.74 Å². The number of carbonyl (C=O) groups excluding carboxylic acids is 1. The van der Waals surface area contributed by atoms with Crippen molar-refractivity contribution >= 4 is 28.0 Å². The van der Waals surface area contributed by atoms with Crippen LogP contribution in [0.3, 0.4) is 0 Å². The first-order valence-corrected chi connectivity index (χ1v) is 5.48. The molecule has 0 N–H and O–H groups in total. The largest absolute Gasteiger partial charge is 0.465 e. The molecular formula is C11H10BrNO4. The van der Waals surface area contributed by atoms with Crippen molar-refractivity contribution in [2.24, 2.45) is 0 Å². The molecule has 1 aromatic carbocycles. The third kappa shape index (κ3) is 4.36. The second-order valence-electron chi connectivity index (χ2n) is 3.20. The van der Waals surface area contributed by atoms with Gasteiger partial charge in [0.05, 0.1) is 7.11 Å². The van der Waals surface area contributed by atoms with Crippen LogP contribution in [-0.4, -0.2) is 24.5 Å². The maximum atomic E-state index is 11.3. The lowest BCUT2D eigenvalue weighted by atomic mass is 10.1. The van der Waals surface area contributed by atoms with Gasteiger partial charge in [-0.15, -0.1) is 0 Å². The van der Waals surface area contributed by atoms with Gasteiger partial charge in [0.15, 0.2) is 0 Å². The zero-order valence-corrected chi connectivity index (χ0v) is 10.6. The van der Waals surface area contributed by atoms with E-state index >= 15 is 0 Å². The Kier molecular flexibility index (Phi) is 4.84. The van der Waals surface area contributed by atoms with E-state index in [-0.39, 0.29) is 5.57 Å². The number of nitrogens with zero attached hydrogens (tertiary/aromatic N) is 1. The predicted molar refractivity (Wildman–Crippen MR) is 66.0 cm³/mol. The van der Waals surface area contributed by atoms with E-state index in [1.807, 2.05) is 0 Å². The summed E-state index contributed by atoms with van der Waals surface area (Å²) in [4.78, 5) is 21.2. The lowest BCUT2D eigenvalue weighted by Gasteiger charge is -2.01. The van der Waals surface area contributed by atoms with Crippen molar-refractivity contribution < 1.29 is 14.5 Å². The summed E-state index contributed by atoms with van der Waals surface area (Å²) in [6.07, 6.45) is 1.45. The Balaban J connectivity index is 3.00. The number of rotatable bonds is 4. The molecule has 0 amide bonds. The lowest BCUT2D eigenvalue weighted by Crippen LogP contribution is -2.14. The highest BCUT2D eigenvalue weighted by atomic mass is 79.9. The molecular weight excluding hydrogens is 290 g/mol. The first-order chi connectivity index (χ1) is 8.02. The summed E-state index contributed by atoms with van der Waals surface area (Å²) in [5.74, 6) is -0.690. The fraction of sp³-hybridized carbons (Fsp3) is 0.182. The van der Waals surface area contributed by atoms with Gasteiger partial charge >= 0.3 is 5.97 Å². The lowest BCUT2D eigenvalue weighted by molar-refractivity contribution is -0.470. The Morgan fingerprint density at radius 2 is 2.06 bits per heavy atom. The summed E-state index contributed by atoms with van der Waals surface area (Å²) in [5.41, 5.74) is 0.718. The molecule has 0 aliphatic heterocycles. The van der Waals surface area contributed by atoms with Crippen molar-refractivity contribution in [3.8, 4) is 0 Å². The molecule has 0 heterocycles. The van der Waals surface area contributed by atoms with Crippen LogP contribution in [0, 0.1) is 10.1 Å². The third-order valence-corrected chi connectivity index (χ3v) is 2.49. The van der Waals surface area contributed by atoms with E-state index in [9.17, 15) is 14.9 Å². The molecule has 0 saturated carbocycles. The third-order valence-electron chi connectivity index (χ3n) is 1.96. The molecule has 0 aromatic heterocycles. The summed E-state index contributed by atoms with van der Waals surface area (Å²) in [6.45, 7) is -0.553. The normalized spacial score (nSPS) is 11.1. The molecule has 1 aromatic rings. The SMILES string of the molecule is COC(=O)/C(=C/c1ccc(Br)cc1)C[N+](=O)[O-]. The molecule has 1 rings (SSSR count). The summed E-state index contributed by atoms with van der Waals surface area (Å²) >= 11 is 3.27. The van der Waals surface area contributed by atoms with Crippen LogP contribution in [0.25, 0.3) is 6.08 Å². The molecule has 0 bridgehead atoms. The first kappa shape index (κ1) is 13.4. The number of hydrogen-bond donors (Lipinski definition) is 0. The Labute approximate surface area is 106 Å². The molecule has 5 nitrogen and oxygen atoms in total. The van der Waals surface area contributed by atoms with Gasteiger partial charge in [0.25, 0.3) is 0 Å². The van der Waals surface area contributed by atoms with Gasteiger partial charge in [-0.25, -0.2) is 4.79 Å². The van der Waals surface area contributed by atoms with Gasteiger partial charge in [-0.1, -0.05) is 28.1 Å². The van der Waals surface area contributed by atoms with Crippen molar-refractivity contribution in [2.75, 3.05) is 13.7 Å². The number of nitro groups is 1. The molecule has 0 aliphatic carbocycles. The number of benzene rings is 1. The number of ether oxygens (including phenoxy) is 1. The zero-order chi connectivity index (χ0) is 12.8. The van der Waals surface area contributed by atoms with Gasteiger partial charge in [-0.2, -0.15) is 0 Å². The van der Waals surface area contributed by atoms with Crippen LogP contribution in [0.4, 0.5) is 0 Å². The van der Waals surface area contributed by atoms with Gasteiger partial charge in [0.1, 0.15) is 5.57 Å². The topological polar surface area (TPSA) is 69.4 Å². The van der Waals surface area contributed by atoms with E-state index in [2.05, 4.69) is 20.7 Å². The van der Waals surface area contributed by atoms with Crippen LogP contribution in [0.2, 0.25) is 0 Å². The smallest absolute Gasteiger partial charge is 0.340 e. The summed E-state index contributed by atoms with van der Waals surface area (Å²) in [7, 11) is 1.19. The number of carbonyl (C=O) groups is 1. The highest BCUT2D eigenvalue weighted by Gasteiger charge is 2.15. The molecule has 0 spiro atoms. The van der Waals surface area contributed by atoms with E-state index < -0.39 is 17.4 Å². The fourth-order valence-corrected chi connectivity index (χ4v) is 1.46. The van der Waals surface area contributed by atoms with Crippen molar-refractivity contribution in [2.45, 2.75) is 0 Å². The minimum absolute atomic E-state index is 0.0137. The Hall–Kier alpha value is -1.69. The monoisotopic (exact) mass is 299 g/mol. The number of halogens is 1. The molecule has 6 heteroatoms. The molecule has 0 aliphatic rings. The summed E-state index contributed by atoms with van der Waals surface area (Å²) in [6, 6.07) is 7.06. The van der Waals surface area contributed by atoms with Crippen molar-refractivity contribution in [1.82, 2.24) is 0 Å². The average molecular weight is 300 g/mol. The van der Waals surface area contributed by atoms with Crippen LogP contribution in [0.5, 0.6) is 0 Å². The standard InChI is InChI=1S/C11H10BrNO4/c1-17-11(14)9(7-13(15)16)6-8-2-4-10(12)5-3-8/h2-6H,7H2,1H3/b9-6+. The molecule has 0 fully saturated rings. The Bertz CT molecular complexity index is 453. The number of esters is 1.